The van der Waals surface area contributed by atoms with Crippen LogP contribution in [0.15, 0.2) is 23.6 Å². The van der Waals surface area contributed by atoms with Gasteiger partial charge in [0.15, 0.2) is 0 Å². The maximum atomic E-state index is 11.8. The van der Waals surface area contributed by atoms with E-state index < -0.39 is 11.4 Å². The Morgan fingerprint density at radius 3 is 2.68 bits per heavy atom. The van der Waals surface area contributed by atoms with Gasteiger partial charge in [-0.2, -0.15) is 0 Å². The van der Waals surface area contributed by atoms with E-state index in [0.717, 1.165) is 47.1 Å². The van der Waals surface area contributed by atoms with Crippen molar-refractivity contribution in [3.8, 4) is 5.75 Å². The zero-order chi connectivity index (χ0) is 13.5. The fraction of sp³-hybridized carbons (Fsp3) is 0.400. The van der Waals surface area contributed by atoms with Crippen LogP contribution < -0.4 is 4.74 Å². The van der Waals surface area contributed by atoms with Crippen LogP contribution in [0.25, 0.3) is 10.1 Å². The van der Waals surface area contributed by atoms with Crippen molar-refractivity contribution in [2.24, 2.45) is 0 Å². The molecule has 1 N–H and O–H groups in total. The van der Waals surface area contributed by atoms with Crippen molar-refractivity contribution >= 4 is 27.4 Å². The smallest absolute Gasteiger partial charge is 0.314 e. The molecular formula is C15H16O3S. The Morgan fingerprint density at radius 2 is 2.05 bits per heavy atom. The molecule has 3 nitrogen and oxygen atoms in total. The molecule has 19 heavy (non-hydrogen) atoms. The number of hydrogen-bond acceptors (Lipinski definition) is 3. The lowest BCUT2D eigenvalue weighted by Gasteiger charge is -2.25. The van der Waals surface area contributed by atoms with Crippen molar-refractivity contribution in [3.63, 3.8) is 0 Å². The van der Waals surface area contributed by atoms with Crippen molar-refractivity contribution < 1.29 is 14.6 Å². The molecule has 1 saturated carbocycles. The van der Waals surface area contributed by atoms with Crippen molar-refractivity contribution in [2.75, 3.05) is 7.11 Å². The average molecular weight is 276 g/mol. The highest BCUT2D eigenvalue weighted by molar-refractivity contribution is 7.17. The molecule has 100 valence electrons. The van der Waals surface area contributed by atoms with E-state index in [-0.39, 0.29) is 0 Å². The number of carbonyl (C=O) groups is 1. The minimum atomic E-state index is -0.703. The summed E-state index contributed by atoms with van der Waals surface area (Å²) in [5, 5.41) is 12.7. The van der Waals surface area contributed by atoms with E-state index in [1.54, 1.807) is 18.4 Å². The van der Waals surface area contributed by atoms with Crippen LogP contribution in [-0.4, -0.2) is 18.2 Å². The van der Waals surface area contributed by atoms with E-state index in [1.165, 1.54) is 0 Å². The van der Waals surface area contributed by atoms with Gasteiger partial charge >= 0.3 is 5.97 Å². The van der Waals surface area contributed by atoms with Gasteiger partial charge < -0.3 is 9.84 Å². The maximum absolute atomic E-state index is 11.8. The topological polar surface area (TPSA) is 46.5 Å². The molecule has 1 aliphatic carbocycles. The monoisotopic (exact) mass is 276 g/mol. The standard InChI is InChI=1S/C15H16O3S/c1-18-12-5-4-11(10-6-9-19-13(10)12)15(14(16)17)7-2-3-8-15/h4-6,9H,2-3,7-8H2,1H3,(H,16,17). The molecule has 0 unspecified atom stereocenters. The van der Waals surface area contributed by atoms with Gasteiger partial charge in [-0.05, 0) is 35.9 Å². The first-order chi connectivity index (χ1) is 9.19. The summed E-state index contributed by atoms with van der Waals surface area (Å²) in [7, 11) is 1.65. The predicted octanol–water partition coefficient (Wildman–Crippen LogP) is 3.81. The average Bonchev–Trinajstić information content (AvgIpc) is 3.07. The van der Waals surface area contributed by atoms with Crippen LogP contribution in [0.2, 0.25) is 0 Å². The first-order valence-electron chi connectivity index (χ1n) is 6.47. The van der Waals surface area contributed by atoms with E-state index >= 15 is 0 Å². The summed E-state index contributed by atoms with van der Waals surface area (Å²) < 4.78 is 6.41. The van der Waals surface area contributed by atoms with Gasteiger partial charge in [0.2, 0.25) is 0 Å². The summed E-state index contributed by atoms with van der Waals surface area (Å²) in [6, 6.07) is 5.85. The second kappa shape index (κ2) is 4.53. The Bertz CT molecular complexity index is 623. The number of thiophene rings is 1. The summed E-state index contributed by atoms with van der Waals surface area (Å²) in [6.07, 6.45) is 3.45. The number of methoxy groups -OCH3 is 1. The summed E-state index contributed by atoms with van der Waals surface area (Å²) >= 11 is 1.60. The molecule has 3 rings (SSSR count). The first-order valence-corrected chi connectivity index (χ1v) is 7.35. The molecule has 0 bridgehead atoms. The summed E-state index contributed by atoms with van der Waals surface area (Å²) in [4.78, 5) is 11.8. The van der Waals surface area contributed by atoms with Gasteiger partial charge in [-0.1, -0.05) is 18.9 Å². The molecule has 0 atom stereocenters. The van der Waals surface area contributed by atoms with Gasteiger partial charge in [-0.3, -0.25) is 4.79 Å². The van der Waals surface area contributed by atoms with Crippen molar-refractivity contribution in [2.45, 2.75) is 31.1 Å². The van der Waals surface area contributed by atoms with Crippen LogP contribution in [0.3, 0.4) is 0 Å². The molecule has 0 radical (unpaired) electrons. The molecule has 1 fully saturated rings. The Hall–Kier alpha value is -1.55. The molecule has 1 heterocycles. The SMILES string of the molecule is COc1ccc(C2(C(=O)O)CCCC2)c2ccsc12. The number of rotatable bonds is 3. The lowest BCUT2D eigenvalue weighted by Crippen LogP contribution is -2.32. The first kappa shape index (κ1) is 12.5. The minimum absolute atomic E-state index is 0.692. The molecule has 0 spiro atoms. The van der Waals surface area contributed by atoms with Crippen LogP contribution in [0.1, 0.15) is 31.2 Å². The Balaban J connectivity index is 2.25. The minimum Gasteiger partial charge on any atom is -0.495 e. The zero-order valence-corrected chi connectivity index (χ0v) is 11.6. The Kier molecular flexibility index (Phi) is 2.97. The second-order valence-corrected chi connectivity index (χ2v) is 5.99. The molecule has 1 aromatic carbocycles. The van der Waals surface area contributed by atoms with Crippen molar-refractivity contribution in [1.82, 2.24) is 0 Å². The summed E-state index contributed by atoms with van der Waals surface area (Å²) in [6.45, 7) is 0. The van der Waals surface area contributed by atoms with Crippen molar-refractivity contribution in [3.05, 3.63) is 29.1 Å². The molecule has 0 saturated heterocycles. The van der Waals surface area contributed by atoms with E-state index in [4.69, 9.17) is 4.74 Å². The second-order valence-electron chi connectivity index (χ2n) is 5.07. The highest BCUT2D eigenvalue weighted by Crippen LogP contribution is 2.46. The van der Waals surface area contributed by atoms with Gasteiger partial charge in [0.05, 0.1) is 17.2 Å². The lowest BCUT2D eigenvalue weighted by molar-refractivity contribution is -0.143. The molecule has 2 aromatic rings. The van der Waals surface area contributed by atoms with Gasteiger partial charge in [0.25, 0.3) is 0 Å². The van der Waals surface area contributed by atoms with Crippen molar-refractivity contribution in [1.29, 1.82) is 0 Å². The fourth-order valence-corrected chi connectivity index (χ4v) is 4.10. The maximum Gasteiger partial charge on any atom is 0.314 e. The van der Waals surface area contributed by atoms with Gasteiger partial charge in [0.1, 0.15) is 5.75 Å². The van der Waals surface area contributed by atoms with Crippen LogP contribution in [0, 0.1) is 0 Å². The van der Waals surface area contributed by atoms with E-state index in [1.807, 2.05) is 23.6 Å². The van der Waals surface area contributed by atoms with Gasteiger partial charge in [-0.25, -0.2) is 0 Å². The Labute approximate surface area is 115 Å². The largest absolute Gasteiger partial charge is 0.495 e. The van der Waals surface area contributed by atoms with Crippen LogP contribution >= 0.6 is 11.3 Å². The molecule has 0 amide bonds. The molecular weight excluding hydrogens is 260 g/mol. The number of carboxylic acids is 1. The quantitative estimate of drug-likeness (QED) is 0.927. The fourth-order valence-electron chi connectivity index (χ4n) is 3.19. The third-order valence-electron chi connectivity index (χ3n) is 4.18. The van der Waals surface area contributed by atoms with Crippen LogP contribution in [0.4, 0.5) is 0 Å². The highest BCUT2D eigenvalue weighted by atomic mass is 32.1. The third-order valence-corrected chi connectivity index (χ3v) is 5.11. The summed E-state index contributed by atoms with van der Waals surface area (Å²) in [5.41, 5.74) is 0.251. The van der Waals surface area contributed by atoms with Crippen LogP contribution in [0.5, 0.6) is 5.75 Å². The number of fused-ring (bicyclic) bond motifs is 1. The van der Waals surface area contributed by atoms with E-state index in [9.17, 15) is 9.90 Å². The van der Waals surface area contributed by atoms with E-state index in [0.29, 0.717) is 0 Å². The lowest BCUT2D eigenvalue weighted by atomic mass is 9.77. The normalized spacial score (nSPS) is 17.7. The zero-order valence-electron chi connectivity index (χ0n) is 10.8. The third kappa shape index (κ3) is 1.74. The number of aliphatic carboxylic acids is 1. The number of ether oxygens (including phenoxy) is 1. The predicted molar refractivity (Wildman–Crippen MR) is 76.2 cm³/mol. The number of hydrogen-bond donors (Lipinski definition) is 1. The molecule has 0 aliphatic heterocycles. The Morgan fingerprint density at radius 1 is 1.32 bits per heavy atom. The summed E-state index contributed by atoms with van der Waals surface area (Å²) in [5.74, 6) is 0.134. The van der Waals surface area contributed by atoms with Crippen LogP contribution in [-0.2, 0) is 10.2 Å². The number of benzene rings is 1. The van der Waals surface area contributed by atoms with Gasteiger partial charge in [-0.15, -0.1) is 11.3 Å². The van der Waals surface area contributed by atoms with E-state index in [2.05, 4.69) is 0 Å². The molecule has 4 heteroatoms. The molecule has 1 aliphatic rings. The highest BCUT2D eigenvalue weighted by Gasteiger charge is 2.44. The molecule has 1 aromatic heterocycles. The number of carboxylic acid groups (broad SMARTS) is 1. The van der Waals surface area contributed by atoms with Gasteiger partial charge in [0, 0.05) is 5.39 Å².